The van der Waals surface area contributed by atoms with Gasteiger partial charge in [-0.25, -0.2) is 8.42 Å². The largest absolute Gasteiger partial charge is 0.229 e. The highest BCUT2D eigenvalue weighted by atomic mass is 35.5. The normalized spacial score (nSPS) is 16.6. The topological polar surface area (TPSA) is 34.1 Å². The van der Waals surface area contributed by atoms with E-state index >= 15 is 0 Å². The zero-order chi connectivity index (χ0) is 11.2. The monoisotopic (exact) mass is 240 g/mol. The van der Waals surface area contributed by atoms with Crippen molar-refractivity contribution < 1.29 is 8.42 Å². The van der Waals surface area contributed by atoms with E-state index in [1.807, 2.05) is 0 Å². The highest BCUT2D eigenvalue weighted by Gasteiger charge is 2.22. The summed E-state index contributed by atoms with van der Waals surface area (Å²) in [5.41, 5.74) is 0.112. The molecule has 0 aliphatic carbocycles. The number of alkyl halides is 1. The molecule has 0 radical (unpaired) electrons. The second-order valence-electron chi connectivity index (χ2n) is 4.43. The average molecular weight is 241 g/mol. The highest BCUT2D eigenvalue weighted by Crippen LogP contribution is 2.30. The van der Waals surface area contributed by atoms with E-state index in [9.17, 15) is 8.42 Å². The third-order valence-electron chi connectivity index (χ3n) is 2.47. The molecule has 0 saturated carbocycles. The van der Waals surface area contributed by atoms with Gasteiger partial charge in [-0.15, -0.1) is 11.6 Å². The van der Waals surface area contributed by atoms with Crippen molar-refractivity contribution in [1.82, 2.24) is 0 Å². The van der Waals surface area contributed by atoms with Crippen LogP contribution in [0.2, 0.25) is 0 Å². The maximum Gasteiger partial charge on any atom is 0.147 e. The molecule has 0 amide bonds. The van der Waals surface area contributed by atoms with Crippen LogP contribution < -0.4 is 0 Å². The lowest BCUT2D eigenvalue weighted by molar-refractivity contribution is 0.307. The van der Waals surface area contributed by atoms with E-state index < -0.39 is 9.84 Å². The molecule has 86 valence electrons. The molecule has 0 fully saturated rings. The van der Waals surface area contributed by atoms with Gasteiger partial charge in [0, 0.05) is 17.9 Å². The van der Waals surface area contributed by atoms with E-state index in [-0.39, 0.29) is 11.2 Å². The first kappa shape index (κ1) is 14.2. The second-order valence-corrected chi connectivity index (χ2v) is 6.95. The zero-order valence-corrected chi connectivity index (χ0v) is 10.9. The summed E-state index contributed by atoms with van der Waals surface area (Å²) in [6.45, 7) is 4.26. The molecule has 0 saturated heterocycles. The molecular formula is C10H21ClO2S. The third-order valence-corrected chi connectivity index (χ3v) is 4.15. The molecule has 0 aromatic carbocycles. The van der Waals surface area contributed by atoms with Gasteiger partial charge in [0.05, 0.1) is 0 Å². The first-order chi connectivity index (χ1) is 6.33. The quantitative estimate of drug-likeness (QED) is 0.642. The minimum Gasteiger partial charge on any atom is -0.229 e. The van der Waals surface area contributed by atoms with Crippen LogP contribution in [0.15, 0.2) is 0 Å². The van der Waals surface area contributed by atoms with Gasteiger partial charge in [0.2, 0.25) is 0 Å². The zero-order valence-electron chi connectivity index (χ0n) is 9.35. The van der Waals surface area contributed by atoms with Gasteiger partial charge in [0.25, 0.3) is 0 Å². The number of hydrogen-bond acceptors (Lipinski definition) is 2. The van der Waals surface area contributed by atoms with E-state index in [0.29, 0.717) is 5.88 Å². The summed E-state index contributed by atoms with van der Waals surface area (Å²) in [4.78, 5) is 0. The Balaban J connectivity index is 3.96. The van der Waals surface area contributed by atoms with Crippen LogP contribution >= 0.6 is 11.6 Å². The van der Waals surface area contributed by atoms with Crippen molar-refractivity contribution in [3.05, 3.63) is 0 Å². The predicted molar refractivity (Wildman–Crippen MR) is 62.7 cm³/mol. The maximum atomic E-state index is 10.9. The van der Waals surface area contributed by atoms with Gasteiger partial charge in [0.15, 0.2) is 0 Å². The molecule has 0 aromatic rings. The van der Waals surface area contributed by atoms with Crippen molar-refractivity contribution in [2.75, 3.05) is 17.9 Å². The summed E-state index contributed by atoms with van der Waals surface area (Å²) in [6, 6.07) is 0. The molecule has 1 atom stereocenters. The Bertz CT molecular complexity index is 249. The van der Waals surface area contributed by atoms with E-state index in [1.165, 1.54) is 6.26 Å². The van der Waals surface area contributed by atoms with Crippen LogP contribution in [0.25, 0.3) is 0 Å². The minimum absolute atomic E-state index is 0.112. The van der Waals surface area contributed by atoms with Crippen molar-refractivity contribution in [3.63, 3.8) is 0 Å². The molecule has 0 aromatic heterocycles. The van der Waals surface area contributed by atoms with Crippen LogP contribution in [0.5, 0.6) is 0 Å². The number of rotatable bonds is 7. The van der Waals surface area contributed by atoms with Crippen LogP contribution in [-0.4, -0.2) is 26.3 Å². The fraction of sp³-hybridized carbons (Fsp3) is 1.00. The van der Waals surface area contributed by atoms with E-state index in [0.717, 1.165) is 25.7 Å². The first-order valence-corrected chi connectivity index (χ1v) is 7.66. The summed E-state index contributed by atoms with van der Waals surface area (Å²) in [7, 11) is -2.81. The molecule has 0 N–H and O–H groups in total. The molecule has 0 bridgehead atoms. The molecule has 0 spiro atoms. The lowest BCUT2D eigenvalue weighted by Gasteiger charge is -2.26. The van der Waals surface area contributed by atoms with E-state index in [1.54, 1.807) is 0 Å². The van der Waals surface area contributed by atoms with Gasteiger partial charge < -0.3 is 0 Å². The number of sulfone groups is 1. The minimum atomic E-state index is -2.81. The molecular weight excluding hydrogens is 220 g/mol. The molecule has 0 aliphatic rings. The fourth-order valence-electron chi connectivity index (χ4n) is 1.62. The lowest BCUT2D eigenvalue weighted by Crippen LogP contribution is -2.19. The van der Waals surface area contributed by atoms with Crippen LogP contribution in [0.1, 0.15) is 39.5 Å². The molecule has 0 aliphatic heterocycles. The van der Waals surface area contributed by atoms with Crippen LogP contribution in [-0.2, 0) is 9.84 Å². The van der Waals surface area contributed by atoms with Crippen LogP contribution in [0, 0.1) is 5.41 Å². The smallest absolute Gasteiger partial charge is 0.147 e. The van der Waals surface area contributed by atoms with Gasteiger partial charge in [-0.1, -0.05) is 20.3 Å². The SMILES string of the molecule is CCCC(C)(CCl)CCCS(C)(=O)=O. The van der Waals surface area contributed by atoms with E-state index in [4.69, 9.17) is 11.6 Å². The van der Waals surface area contributed by atoms with Gasteiger partial charge in [-0.05, 0) is 24.7 Å². The maximum absolute atomic E-state index is 10.9. The van der Waals surface area contributed by atoms with Crippen molar-refractivity contribution in [2.45, 2.75) is 39.5 Å². The van der Waals surface area contributed by atoms with Crippen LogP contribution in [0.4, 0.5) is 0 Å². The Morgan fingerprint density at radius 2 is 1.86 bits per heavy atom. The predicted octanol–water partition coefficient (Wildman–Crippen LogP) is 2.86. The van der Waals surface area contributed by atoms with Crippen molar-refractivity contribution in [3.8, 4) is 0 Å². The summed E-state index contributed by atoms with van der Waals surface area (Å²) < 4.78 is 21.9. The molecule has 0 rings (SSSR count). The molecule has 1 unspecified atom stereocenters. The Morgan fingerprint density at radius 3 is 2.21 bits per heavy atom. The molecule has 0 heterocycles. The fourth-order valence-corrected chi connectivity index (χ4v) is 2.56. The van der Waals surface area contributed by atoms with Crippen molar-refractivity contribution >= 4 is 21.4 Å². The van der Waals surface area contributed by atoms with Crippen LogP contribution in [0.3, 0.4) is 0 Å². The average Bonchev–Trinajstić information content (AvgIpc) is 2.02. The van der Waals surface area contributed by atoms with Crippen molar-refractivity contribution in [2.24, 2.45) is 5.41 Å². The van der Waals surface area contributed by atoms with Gasteiger partial charge in [-0.2, -0.15) is 0 Å². The summed E-state index contributed by atoms with van der Waals surface area (Å²) in [5, 5.41) is 0. The standard InChI is InChI=1S/C10H21ClO2S/c1-4-6-10(2,9-11)7-5-8-14(3,12)13/h4-9H2,1-3H3. The summed E-state index contributed by atoms with van der Waals surface area (Å²) in [5.74, 6) is 0.897. The Hall–Kier alpha value is 0.240. The Labute approximate surface area is 93.0 Å². The number of halogens is 1. The van der Waals surface area contributed by atoms with Gasteiger partial charge >= 0.3 is 0 Å². The number of hydrogen-bond donors (Lipinski definition) is 0. The van der Waals surface area contributed by atoms with Gasteiger partial charge in [-0.3, -0.25) is 0 Å². The summed E-state index contributed by atoms with van der Waals surface area (Å²) >= 11 is 5.89. The molecule has 2 nitrogen and oxygen atoms in total. The molecule has 14 heavy (non-hydrogen) atoms. The molecule has 4 heteroatoms. The Kier molecular flexibility index (Phi) is 6.06. The summed E-state index contributed by atoms with van der Waals surface area (Å²) in [6.07, 6.45) is 5.08. The Morgan fingerprint density at radius 1 is 1.29 bits per heavy atom. The van der Waals surface area contributed by atoms with E-state index in [2.05, 4.69) is 13.8 Å². The second kappa shape index (κ2) is 5.96. The first-order valence-electron chi connectivity index (χ1n) is 5.07. The van der Waals surface area contributed by atoms with Gasteiger partial charge in [0.1, 0.15) is 9.84 Å². The third kappa shape index (κ3) is 6.66. The van der Waals surface area contributed by atoms with Crippen molar-refractivity contribution in [1.29, 1.82) is 0 Å². The lowest BCUT2D eigenvalue weighted by atomic mass is 9.83. The highest BCUT2D eigenvalue weighted by molar-refractivity contribution is 7.90.